The van der Waals surface area contributed by atoms with Crippen molar-refractivity contribution in [2.45, 2.75) is 6.54 Å². The quantitative estimate of drug-likeness (QED) is 0.918. The Labute approximate surface area is 116 Å². The molecule has 0 aliphatic carbocycles. The van der Waals surface area contributed by atoms with Crippen LogP contribution in [0.15, 0.2) is 36.4 Å². The van der Waals surface area contributed by atoms with Crippen molar-refractivity contribution in [2.24, 2.45) is 5.73 Å². The molecule has 0 fully saturated rings. The molecule has 0 saturated carbocycles. The van der Waals surface area contributed by atoms with E-state index >= 15 is 0 Å². The molecule has 2 aromatic carbocycles. The third-order valence-corrected chi connectivity index (χ3v) is 3.36. The maximum Gasteiger partial charge on any atom is 0.138 e. The fraction of sp³-hybridized carbons (Fsp3) is 0.143. The number of nitrogens with two attached hydrogens (primary N) is 1. The molecular formula is C14H13Cl2NO. The number of hydrogen-bond acceptors (Lipinski definition) is 2. The highest BCUT2D eigenvalue weighted by atomic mass is 35.5. The minimum Gasteiger partial charge on any atom is -0.495 e. The second-order valence-electron chi connectivity index (χ2n) is 3.87. The highest BCUT2D eigenvalue weighted by molar-refractivity contribution is 6.34. The molecule has 4 heteroatoms. The molecule has 0 saturated heterocycles. The second-order valence-corrected chi connectivity index (χ2v) is 4.68. The Kier molecular flexibility index (Phi) is 4.12. The Morgan fingerprint density at radius 2 is 1.83 bits per heavy atom. The Bertz CT molecular complexity index is 570. The zero-order valence-electron chi connectivity index (χ0n) is 9.91. The van der Waals surface area contributed by atoms with Crippen LogP contribution in [0.5, 0.6) is 5.75 Å². The number of benzene rings is 2. The van der Waals surface area contributed by atoms with Crippen LogP contribution in [-0.4, -0.2) is 7.11 Å². The number of ether oxygens (including phenoxy) is 1. The molecule has 18 heavy (non-hydrogen) atoms. The summed E-state index contributed by atoms with van der Waals surface area (Å²) in [5, 5.41) is 1.25. The summed E-state index contributed by atoms with van der Waals surface area (Å²) in [6, 6.07) is 11.4. The molecule has 0 bridgehead atoms. The van der Waals surface area contributed by atoms with Gasteiger partial charge in [0.05, 0.1) is 12.1 Å². The Balaban J connectivity index is 2.48. The molecule has 0 radical (unpaired) electrons. The second kappa shape index (κ2) is 5.61. The molecule has 0 unspecified atom stereocenters. The van der Waals surface area contributed by atoms with Crippen molar-refractivity contribution in [3.8, 4) is 16.9 Å². The van der Waals surface area contributed by atoms with Gasteiger partial charge in [0.2, 0.25) is 0 Å². The summed E-state index contributed by atoms with van der Waals surface area (Å²) in [4.78, 5) is 0. The molecule has 2 N–H and O–H groups in total. The Morgan fingerprint density at radius 3 is 2.44 bits per heavy atom. The first-order valence-electron chi connectivity index (χ1n) is 5.48. The summed E-state index contributed by atoms with van der Waals surface area (Å²) < 4.78 is 5.20. The molecule has 2 rings (SSSR count). The van der Waals surface area contributed by atoms with Crippen LogP contribution in [-0.2, 0) is 6.54 Å². The zero-order valence-corrected chi connectivity index (χ0v) is 11.4. The standard InChI is InChI=1S/C14H13Cl2NO/c1-18-14-7-10(3-5-12(14)15)11-4-2-9(8-17)6-13(11)16/h2-7H,8,17H2,1H3. The van der Waals surface area contributed by atoms with Gasteiger partial charge in [-0.3, -0.25) is 0 Å². The molecule has 0 atom stereocenters. The number of hydrogen-bond donors (Lipinski definition) is 1. The lowest BCUT2D eigenvalue weighted by Gasteiger charge is -2.09. The average Bonchev–Trinajstić information content (AvgIpc) is 2.39. The van der Waals surface area contributed by atoms with Crippen LogP contribution < -0.4 is 10.5 Å². The van der Waals surface area contributed by atoms with Gasteiger partial charge in [-0.1, -0.05) is 41.4 Å². The topological polar surface area (TPSA) is 35.2 Å². The first-order chi connectivity index (χ1) is 8.65. The third kappa shape index (κ3) is 2.61. The first kappa shape index (κ1) is 13.2. The van der Waals surface area contributed by atoms with E-state index in [1.54, 1.807) is 13.2 Å². The van der Waals surface area contributed by atoms with Crippen molar-refractivity contribution in [2.75, 3.05) is 7.11 Å². The van der Waals surface area contributed by atoms with Crippen molar-refractivity contribution < 1.29 is 4.74 Å². The SMILES string of the molecule is COc1cc(-c2ccc(CN)cc2Cl)ccc1Cl. The van der Waals surface area contributed by atoms with Crippen molar-refractivity contribution in [3.05, 3.63) is 52.0 Å². The fourth-order valence-electron chi connectivity index (χ4n) is 1.75. The lowest BCUT2D eigenvalue weighted by atomic mass is 10.0. The van der Waals surface area contributed by atoms with Crippen molar-refractivity contribution in [3.63, 3.8) is 0 Å². The molecule has 2 nitrogen and oxygen atoms in total. The van der Waals surface area contributed by atoms with Gasteiger partial charge in [0, 0.05) is 17.1 Å². The van der Waals surface area contributed by atoms with Crippen molar-refractivity contribution in [1.82, 2.24) is 0 Å². The molecule has 2 aromatic rings. The van der Waals surface area contributed by atoms with E-state index in [0.717, 1.165) is 16.7 Å². The van der Waals surface area contributed by atoms with Gasteiger partial charge in [0.15, 0.2) is 0 Å². The van der Waals surface area contributed by atoms with Crippen LogP contribution >= 0.6 is 23.2 Å². The molecular weight excluding hydrogens is 269 g/mol. The van der Waals surface area contributed by atoms with Gasteiger partial charge in [0.25, 0.3) is 0 Å². The van der Waals surface area contributed by atoms with E-state index < -0.39 is 0 Å². The van der Waals surface area contributed by atoms with E-state index in [4.69, 9.17) is 33.7 Å². The molecule has 0 amide bonds. The maximum atomic E-state index is 6.25. The summed E-state index contributed by atoms with van der Waals surface area (Å²) in [6.45, 7) is 0.476. The van der Waals surface area contributed by atoms with Crippen molar-refractivity contribution in [1.29, 1.82) is 0 Å². The summed E-state index contributed by atoms with van der Waals surface area (Å²) >= 11 is 12.2. The fourth-order valence-corrected chi connectivity index (χ4v) is 2.25. The minimum absolute atomic E-state index is 0.476. The zero-order chi connectivity index (χ0) is 13.1. The highest BCUT2D eigenvalue weighted by Gasteiger charge is 2.07. The predicted molar refractivity (Wildman–Crippen MR) is 76.3 cm³/mol. The third-order valence-electron chi connectivity index (χ3n) is 2.73. The normalized spacial score (nSPS) is 10.4. The van der Waals surface area contributed by atoms with E-state index in [9.17, 15) is 0 Å². The van der Waals surface area contributed by atoms with E-state index in [1.807, 2.05) is 30.3 Å². The number of methoxy groups -OCH3 is 1. The molecule has 0 aromatic heterocycles. The predicted octanol–water partition coefficient (Wildman–Crippen LogP) is 4.13. The van der Waals surface area contributed by atoms with Crippen LogP contribution in [0.2, 0.25) is 10.0 Å². The molecule has 94 valence electrons. The van der Waals surface area contributed by atoms with Gasteiger partial charge in [-0.15, -0.1) is 0 Å². The number of rotatable bonds is 3. The van der Waals surface area contributed by atoms with Crippen molar-refractivity contribution >= 4 is 23.2 Å². The van der Waals surface area contributed by atoms with Gasteiger partial charge in [-0.05, 0) is 29.3 Å². The van der Waals surface area contributed by atoms with E-state index in [1.165, 1.54) is 0 Å². The molecule has 0 aliphatic heterocycles. The maximum absolute atomic E-state index is 6.25. The van der Waals surface area contributed by atoms with Crippen LogP contribution in [0.1, 0.15) is 5.56 Å². The van der Waals surface area contributed by atoms with E-state index in [0.29, 0.717) is 22.3 Å². The molecule has 0 aliphatic rings. The van der Waals surface area contributed by atoms with Gasteiger partial charge < -0.3 is 10.5 Å². The average molecular weight is 282 g/mol. The molecule has 0 heterocycles. The van der Waals surface area contributed by atoms with Gasteiger partial charge in [-0.25, -0.2) is 0 Å². The van der Waals surface area contributed by atoms with Gasteiger partial charge in [-0.2, -0.15) is 0 Å². The lowest BCUT2D eigenvalue weighted by molar-refractivity contribution is 0.415. The van der Waals surface area contributed by atoms with Gasteiger partial charge in [0.1, 0.15) is 5.75 Å². The minimum atomic E-state index is 0.476. The highest BCUT2D eigenvalue weighted by Crippen LogP contribution is 2.34. The van der Waals surface area contributed by atoms with Gasteiger partial charge >= 0.3 is 0 Å². The van der Waals surface area contributed by atoms with Crippen LogP contribution in [0.3, 0.4) is 0 Å². The lowest BCUT2D eigenvalue weighted by Crippen LogP contribution is -1.96. The number of halogens is 2. The first-order valence-corrected chi connectivity index (χ1v) is 6.23. The monoisotopic (exact) mass is 281 g/mol. The summed E-state index contributed by atoms with van der Waals surface area (Å²) in [7, 11) is 1.59. The molecule has 0 spiro atoms. The summed E-state index contributed by atoms with van der Waals surface area (Å²) in [6.07, 6.45) is 0. The van der Waals surface area contributed by atoms with Crippen LogP contribution in [0, 0.1) is 0 Å². The summed E-state index contributed by atoms with van der Waals surface area (Å²) in [5.74, 6) is 0.633. The smallest absolute Gasteiger partial charge is 0.138 e. The van der Waals surface area contributed by atoms with E-state index in [2.05, 4.69) is 0 Å². The summed E-state index contributed by atoms with van der Waals surface area (Å²) in [5.41, 5.74) is 8.48. The van der Waals surface area contributed by atoms with E-state index in [-0.39, 0.29) is 0 Å². The van der Waals surface area contributed by atoms with Crippen LogP contribution in [0.25, 0.3) is 11.1 Å². The Morgan fingerprint density at radius 1 is 1.06 bits per heavy atom. The van der Waals surface area contributed by atoms with Crippen LogP contribution in [0.4, 0.5) is 0 Å². The Hall–Kier alpha value is -1.22. The largest absolute Gasteiger partial charge is 0.495 e.